The molecule has 2 aromatic heterocycles. The minimum absolute atomic E-state index is 0.286. The van der Waals surface area contributed by atoms with Gasteiger partial charge in [0.25, 0.3) is 5.91 Å². The largest absolute Gasteiger partial charge is 0.497 e. The van der Waals surface area contributed by atoms with Crippen LogP contribution in [0.25, 0.3) is 17.3 Å². The summed E-state index contributed by atoms with van der Waals surface area (Å²) in [5.74, 6) is 0.495. The molecule has 4 aromatic rings. The van der Waals surface area contributed by atoms with Gasteiger partial charge in [-0.05, 0) is 66.6 Å². The summed E-state index contributed by atoms with van der Waals surface area (Å²) in [6.07, 6.45) is 3.78. The van der Waals surface area contributed by atoms with Gasteiger partial charge >= 0.3 is 0 Å². The van der Waals surface area contributed by atoms with Crippen LogP contribution in [0, 0.1) is 0 Å². The third kappa shape index (κ3) is 5.25. The molecule has 1 amide bonds. The van der Waals surface area contributed by atoms with E-state index in [2.05, 4.69) is 21.7 Å². The van der Waals surface area contributed by atoms with Gasteiger partial charge in [0, 0.05) is 29.9 Å². The van der Waals surface area contributed by atoms with E-state index < -0.39 is 0 Å². The van der Waals surface area contributed by atoms with Crippen LogP contribution in [0.1, 0.15) is 46.0 Å². The van der Waals surface area contributed by atoms with Crippen LogP contribution in [-0.2, 0) is 6.54 Å². The van der Waals surface area contributed by atoms with Crippen LogP contribution in [0.5, 0.6) is 5.75 Å². The quantitative estimate of drug-likeness (QED) is 0.331. The van der Waals surface area contributed by atoms with Crippen molar-refractivity contribution in [2.75, 3.05) is 13.7 Å². The van der Waals surface area contributed by atoms with E-state index in [0.29, 0.717) is 34.5 Å². The van der Waals surface area contributed by atoms with Crippen molar-refractivity contribution in [2.45, 2.75) is 19.5 Å². The second-order valence-corrected chi connectivity index (χ2v) is 9.52. The fourth-order valence-corrected chi connectivity index (χ4v) is 4.84. The number of fused-ring (bicyclic) bond motifs is 1. The Morgan fingerprint density at radius 1 is 1.14 bits per heavy atom. The van der Waals surface area contributed by atoms with Crippen molar-refractivity contribution in [1.29, 1.82) is 0 Å². The molecule has 0 radical (unpaired) electrons. The number of methoxy groups -OCH3 is 1. The number of hydrogen-bond donors (Lipinski definition) is 2. The molecule has 9 heteroatoms. The molecule has 0 saturated heterocycles. The zero-order valence-electron chi connectivity index (χ0n) is 20.3. The lowest BCUT2D eigenvalue weighted by Crippen LogP contribution is -2.30. The van der Waals surface area contributed by atoms with Crippen LogP contribution < -0.4 is 15.4 Å². The summed E-state index contributed by atoms with van der Waals surface area (Å²) in [4.78, 5) is 17.8. The number of pyridine rings is 1. The molecule has 0 fully saturated rings. The molecule has 7 nitrogen and oxygen atoms in total. The van der Waals surface area contributed by atoms with Crippen molar-refractivity contribution < 1.29 is 9.53 Å². The van der Waals surface area contributed by atoms with Gasteiger partial charge in [0.15, 0.2) is 5.69 Å². The highest BCUT2D eigenvalue weighted by Gasteiger charge is 2.29. The Kier molecular flexibility index (Phi) is 7.28. The first kappa shape index (κ1) is 25.0. The van der Waals surface area contributed by atoms with Gasteiger partial charge in [0.2, 0.25) is 0 Å². The second-order valence-electron chi connectivity index (χ2n) is 8.68. The van der Waals surface area contributed by atoms with Crippen molar-refractivity contribution in [3.8, 4) is 11.4 Å². The second kappa shape index (κ2) is 10.8. The minimum Gasteiger partial charge on any atom is -0.497 e. The number of halogens is 2. The van der Waals surface area contributed by atoms with Crippen LogP contribution >= 0.6 is 23.2 Å². The van der Waals surface area contributed by atoms with Gasteiger partial charge in [-0.1, -0.05) is 41.4 Å². The van der Waals surface area contributed by atoms with Crippen molar-refractivity contribution in [1.82, 2.24) is 25.4 Å². The third-order valence-electron chi connectivity index (χ3n) is 6.19. The lowest BCUT2D eigenvalue weighted by Gasteiger charge is -2.20. The third-order valence-corrected chi connectivity index (χ3v) is 6.73. The van der Waals surface area contributed by atoms with Gasteiger partial charge in [-0.2, -0.15) is 5.10 Å². The smallest absolute Gasteiger partial charge is 0.272 e. The van der Waals surface area contributed by atoms with E-state index in [1.54, 1.807) is 30.1 Å². The molecule has 1 atom stereocenters. The molecule has 2 N–H and O–H groups in total. The zero-order valence-corrected chi connectivity index (χ0v) is 21.8. The minimum atomic E-state index is -0.292. The summed E-state index contributed by atoms with van der Waals surface area (Å²) in [6, 6.07) is 18.3. The molecule has 0 saturated carbocycles. The molecule has 2 aromatic carbocycles. The van der Waals surface area contributed by atoms with E-state index in [-0.39, 0.29) is 11.9 Å². The maximum absolute atomic E-state index is 13.5. The number of amides is 1. The number of carbonyl (C=O) groups excluding carboxylic acids is 1. The first-order valence-electron chi connectivity index (χ1n) is 11.8. The molecular weight excluding hydrogens is 509 g/mol. The number of nitrogens with one attached hydrogen (secondary N) is 2. The predicted octanol–water partition coefficient (Wildman–Crippen LogP) is 5.72. The molecule has 0 bridgehead atoms. The molecule has 188 valence electrons. The van der Waals surface area contributed by atoms with Crippen LogP contribution in [0.2, 0.25) is 10.0 Å². The zero-order chi connectivity index (χ0) is 25.9. The normalized spacial score (nSPS) is 14.8. The molecule has 5 rings (SSSR count). The van der Waals surface area contributed by atoms with E-state index in [1.165, 1.54) is 0 Å². The van der Waals surface area contributed by atoms with Crippen molar-refractivity contribution >= 4 is 40.8 Å². The Morgan fingerprint density at radius 2 is 1.95 bits per heavy atom. The molecule has 1 aliphatic heterocycles. The highest BCUT2D eigenvalue weighted by atomic mass is 35.5. The molecule has 0 spiro atoms. The summed E-state index contributed by atoms with van der Waals surface area (Å²) >= 11 is 12.8. The lowest BCUT2D eigenvalue weighted by atomic mass is 9.98. The lowest BCUT2D eigenvalue weighted by molar-refractivity contribution is 0.0932. The predicted molar refractivity (Wildman–Crippen MR) is 146 cm³/mol. The average Bonchev–Trinajstić information content (AvgIpc) is 3.30. The summed E-state index contributed by atoms with van der Waals surface area (Å²) in [6.45, 7) is 2.98. The first-order chi connectivity index (χ1) is 17.9. The molecule has 1 aliphatic rings. The highest BCUT2D eigenvalue weighted by molar-refractivity contribution is 6.35. The highest BCUT2D eigenvalue weighted by Crippen LogP contribution is 2.33. The number of hydrogen-bond acceptors (Lipinski definition) is 5. The van der Waals surface area contributed by atoms with E-state index in [1.807, 2.05) is 55.5 Å². The molecular formula is C28H25Cl2N5O2. The van der Waals surface area contributed by atoms with E-state index in [4.69, 9.17) is 33.0 Å². The Hall–Kier alpha value is -3.65. The average molecular weight is 534 g/mol. The number of benzene rings is 2. The SMILES string of the molecule is COc1ccc(C=C2CNCc3c(C(=O)NC(C)c4ccccn4)nn(-c4ccc(Cl)cc4Cl)c32)cc1. The van der Waals surface area contributed by atoms with Crippen molar-refractivity contribution in [3.63, 3.8) is 0 Å². The molecule has 3 heterocycles. The maximum atomic E-state index is 13.5. The van der Waals surface area contributed by atoms with Crippen LogP contribution in [0.4, 0.5) is 0 Å². The molecule has 1 unspecified atom stereocenters. The van der Waals surface area contributed by atoms with Crippen molar-refractivity contribution in [3.05, 3.63) is 105 Å². The maximum Gasteiger partial charge on any atom is 0.272 e. The van der Waals surface area contributed by atoms with Gasteiger partial charge < -0.3 is 15.4 Å². The number of aromatic nitrogens is 3. The summed E-state index contributed by atoms with van der Waals surface area (Å²) in [5.41, 5.74) is 5.33. The monoisotopic (exact) mass is 533 g/mol. The van der Waals surface area contributed by atoms with Gasteiger partial charge in [0.05, 0.1) is 35.2 Å². The molecule has 37 heavy (non-hydrogen) atoms. The Labute approximate surface area is 225 Å². The number of nitrogens with zero attached hydrogens (tertiary/aromatic N) is 3. The Bertz CT molecular complexity index is 1470. The van der Waals surface area contributed by atoms with Crippen molar-refractivity contribution in [2.24, 2.45) is 0 Å². The van der Waals surface area contributed by atoms with E-state index in [0.717, 1.165) is 33.8 Å². The van der Waals surface area contributed by atoms with Gasteiger partial charge in [-0.3, -0.25) is 9.78 Å². The Balaban J connectivity index is 1.60. The number of carbonyl (C=O) groups is 1. The fraction of sp³-hybridized carbons (Fsp3) is 0.179. The number of rotatable bonds is 6. The topological polar surface area (TPSA) is 81.1 Å². The van der Waals surface area contributed by atoms with Gasteiger partial charge in [0.1, 0.15) is 5.75 Å². The Morgan fingerprint density at radius 3 is 2.65 bits per heavy atom. The standard InChI is InChI=1S/C28H25Cl2N5O2/c1-17(24-5-3-4-12-32-24)33-28(36)26-22-16-31-15-19(13-18-6-9-21(37-2)10-7-18)27(22)35(34-26)25-11-8-20(29)14-23(25)30/h3-14,17,31H,15-16H2,1-2H3,(H,33,36). The number of ether oxygens (including phenoxy) is 1. The fourth-order valence-electron chi connectivity index (χ4n) is 4.36. The summed E-state index contributed by atoms with van der Waals surface area (Å²) < 4.78 is 7.03. The first-order valence-corrected chi connectivity index (χ1v) is 12.5. The van der Waals surface area contributed by atoms with E-state index in [9.17, 15) is 4.79 Å². The van der Waals surface area contributed by atoms with Crippen LogP contribution in [0.15, 0.2) is 66.9 Å². The molecule has 0 aliphatic carbocycles. The van der Waals surface area contributed by atoms with Crippen LogP contribution in [-0.4, -0.2) is 34.3 Å². The van der Waals surface area contributed by atoms with Gasteiger partial charge in [-0.25, -0.2) is 4.68 Å². The summed E-state index contributed by atoms with van der Waals surface area (Å²) in [5, 5.41) is 12.2. The summed E-state index contributed by atoms with van der Waals surface area (Å²) in [7, 11) is 1.64. The van der Waals surface area contributed by atoms with Crippen LogP contribution in [0.3, 0.4) is 0 Å². The van der Waals surface area contributed by atoms with Gasteiger partial charge in [-0.15, -0.1) is 0 Å². The van der Waals surface area contributed by atoms with E-state index >= 15 is 0 Å².